The Balaban J connectivity index is 1.97. The zero-order chi connectivity index (χ0) is 83.6. The van der Waals surface area contributed by atoms with Crippen LogP contribution >= 0.6 is 0 Å². The molecule has 0 saturated carbocycles. The topological polar surface area (TPSA) is 146 Å². The van der Waals surface area contributed by atoms with Gasteiger partial charge in [0.25, 0.3) is 0 Å². The van der Waals surface area contributed by atoms with Crippen LogP contribution < -0.4 is 9.47 Å². The standard InChI is InChI=1S/C97H156O10/c1-81(2,3)51-90(27,28)65-43-63(44-66(73(65)98)91(29,30)52-82(4,5)6)79(102)106-75-69(94(35,36)55-85(13,14)15)47-61(48-70(75)95(37,38)56-86(16,17)18)77(100)104-59-89(25,26)60-105-78(101)62-49-71(96(39,40)57-87(19,20)21)76(72(50-62)97(41,42)58-88(22,23)24)107-80(103)64-45-67(92(31,32)53-83(7,8)9)74(99)68(46-64)93(33,34)54-84(10,11)12/h43-50,98-99H,51-60H2,1-42H3. The van der Waals surface area contributed by atoms with Crippen molar-refractivity contribution in [3.63, 3.8) is 0 Å². The number of rotatable bonds is 26. The summed E-state index contributed by atoms with van der Waals surface area (Å²) in [5, 5.41) is 25.0. The van der Waals surface area contributed by atoms with Crippen LogP contribution in [0.4, 0.5) is 0 Å². The lowest BCUT2D eigenvalue weighted by Gasteiger charge is -2.39. The Morgan fingerprint density at radius 2 is 0.374 bits per heavy atom. The van der Waals surface area contributed by atoms with E-state index < -0.39 is 72.6 Å². The van der Waals surface area contributed by atoms with Crippen LogP contribution in [0.5, 0.6) is 23.0 Å². The van der Waals surface area contributed by atoms with E-state index in [-0.39, 0.29) is 68.0 Å². The number of aromatic hydroxyl groups is 2. The van der Waals surface area contributed by atoms with Gasteiger partial charge in [-0.1, -0.05) is 291 Å². The van der Waals surface area contributed by atoms with Crippen LogP contribution in [0.2, 0.25) is 0 Å². The van der Waals surface area contributed by atoms with Crippen molar-refractivity contribution in [2.24, 2.45) is 48.7 Å². The van der Waals surface area contributed by atoms with Gasteiger partial charge in [0.05, 0.1) is 35.5 Å². The van der Waals surface area contributed by atoms with Crippen molar-refractivity contribution >= 4 is 23.9 Å². The maximum absolute atomic E-state index is 15.6. The molecule has 0 aliphatic rings. The molecule has 0 saturated heterocycles. The highest BCUT2D eigenvalue weighted by Gasteiger charge is 2.44. The summed E-state index contributed by atoms with van der Waals surface area (Å²) < 4.78 is 26.9. The Hall–Kier alpha value is -5.64. The molecule has 2 N–H and O–H groups in total. The van der Waals surface area contributed by atoms with Crippen molar-refractivity contribution in [2.75, 3.05) is 13.2 Å². The van der Waals surface area contributed by atoms with Gasteiger partial charge in [-0.05, 0) is 187 Å². The summed E-state index contributed by atoms with van der Waals surface area (Å²) in [6.07, 6.45) is 5.66. The van der Waals surface area contributed by atoms with Gasteiger partial charge in [0.1, 0.15) is 23.0 Å². The fourth-order valence-electron chi connectivity index (χ4n) is 19.7. The molecule has 0 spiro atoms. The molecule has 0 fully saturated rings. The molecule has 0 aliphatic carbocycles. The molecule has 0 radical (unpaired) electrons. The molecule has 0 atom stereocenters. The largest absolute Gasteiger partial charge is 0.507 e. The SMILES string of the molecule is CC(C)(C)CC(C)(C)c1cc(C(=O)Oc2c(C(C)(C)CC(C)(C)C)cc(C(=O)OCC(C)(C)COC(=O)c3cc(C(C)(C)CC(C)(C)C)c(OC(=O)c4cc(C(C)(C)CC(C)(C)C)c(O)c(C(C)(C)CC(C)(C)C)c4)c(C(C)(C)CC(C)(C)C)c3)cc2C(C)(C)CC(C)(C)C)cc(C(C)(C)CC(C)(C)C)c1O. The first-order valence-corrected chi connectivity index (χ1v) is 40.0. The van der Waals surface area contributed by atoms with Crippen LogP contribution in [0.1, 0.15) is 428 Å². The van der Waals surface area contributed by atoms with E-state index in [0.29, 0.717) is 104 Å². The second kappa shape index (κ2) is 31.1. The second-order valence-corrected chi connectivity index (χ2v) is 48.7. The average Bonchev–Trinajstić information content (AvgIpc) is 0.760. The van der Waals surface area contributed by atoms with E-state index in [9.17, 15) is 10.2 Å². The first-order valence-electron chi connectivity index (χ1n) is 40.0. The third-order valence-corrected chi connectivity index (χ3v) is 20.5. The highest BCUT2D eigenvalue weighted by molar-refractivity contribution is 5.95. The van der Waals surface area contributed by atoms with Crippen LogP contribution in [0.3, 0.4) is 0 Å². The first-order chi connectivity index (χ1) is 47.1. The normalized spacial score (nSPS) is 14.3. The minimum absolute atomic E-state index is 0.0947. The average molecular weight is 1480 g/mol. The van der Waals surface area contributed by atoms with Crippen LogP contribution in [-0.2, 0) is 52.8 Å². The van der Waals surface area contributed by atoms with Gasteiger partial charge in [-0.3, -0.25) is 0 Å². The number of benzene rings is 4. The minimum atomic E-state index is -0.892. The summed E-state index contributed by atoms with van der Waals surface area (Å²) in [6.45, 7) is 90.5. The molecule has 4 aromatic rings. The Labute approximate surface area is 654 Å². The number of hydrogen-bond acceptors (Lipinski definition) is 10. The smallest absolute Gasteiger partial charge is 0.343 e. The monoisotopic (exact) mass is 1480 g/mol. The molecule has 0 unspecified atom stereocenters. The zero-order valence-corrected chi connectivity index (χ0v) is 76.4. The molecule has 0 bridgehead atoms. The summed E-state index contributed by atoms with van der Waals surface area (Å²) in [5.41, 5.74) is 0.110. The molecule has 107 heavy (non-hydrogen) atoms. The molecule has 0 aliphatic heterocycles. The Kier molecular flexibility index (Phi) is 27.3. The van der Waals surface area contributed by atoms with E-state index >= 15 is 19.2 Å². The molecule has 604 valence electrons. The highest BCUT2D eigenvalue weighted by Crippen LogP contribution is 2.54. The van der Waals surface area contributed by atoms with E-state index in [1.165, 1.54) is 0 Å². The molecule has 0 heterocycles. The van der Waals surface area contributed by atoms with Crippen molar-refractivity contribution in [1.29, 1.82) is 0 Å². The lowest BCUT2D eigenvalue weighted by Crippen LogP contribution is -2.32. The number of phenolic OH excluding ortho intramolecular Hbond substituents is 2. The summed E-state index contributed by atoms with van der Waals surface area (Å²) in [6, 6.07) is 14.8. The number of carbonyl (C=O) groups excluding carboxylic acids is 4. The van der Waals surface area contributed by atoms with Gasteiger partial charge in [0.2, 0.25) is 0 Å². The summed E-state index contributed by atoms with van der Waals surface area (Å²) in [5.74, 6) is -1.000. The predicted octanol–water partition coefficient (Wildman–Crippen LogP) is 27.3. The van der Waals surface area contributed by atoms with Gasteiger partial charge in [-0.2, -0.15) is 0 Å². The van der Waals surface area contributed by atoms with Crippen molar-refractivity contribution in [3.05, 3.63) is 115 Å². The lowest BCUT2D eigenvalue weighted by molar-refractivity contribution is 0.00610. The van der Waals surface area contributed by atoms with Crippen LogP contribution in [0.15, 0.2) is 48.5 Å². The Morgan fingerprint density at radius 1 is 0.234 bits per heavy atom. The van der Waals surface area contributed by atoms with Crippen molar-refractivity contribution in [3.8, 4) is 23.0 Å². The number of phenols is 2. The van der Waals surface area contributed by atoms with E-state index in [1.807, 2.05) is 62.4 Å². The number of esters is 4. The van der Waals surface area contributed by atoms with E-state index in [1.54, 1.807) is 0 Å². The highest BCUT2D eigenvalue weighted by atomic mass is 16.6. The second-order valence-electron chi connectivity index (χ2n) is 48.7. The molecular formula is C97H156O10. The molecule has 4 rings (SSSR count). The van der Waals surface area contributed by atoms with E-state index in [4.69, 9.17) is 18.9 Å². The molecular weight excluding hydrogens is 1330 g/mol. The van der Waals surface area contributed by atoms with Crippen LogP contribution in [0, 0.1) is 48.7 Å². The van der Waals surface area contributed by atoms with E-state index in [2.05, 4.69) is 277 Å². The molecule has 0 amide bonds. The maximum Gasteiger partial charge on any atom is 0.343 e. The van der Waals surface area contributed by atoms with Gasteiger partial charge in [0, 0.05) is 49.9 Å². The minimum Gasteiger partial charge on any atom is -0.507 e. The van der Waals surface area contributed by atoms with Gasteiger partial charge in [-0.25, -0.2) is 19.2 Å². The van der Waals surface area contributed by atoms with E-state index in [0.717, 1.165) is 25.7 Å². The van der Waals surface area contributed by atoms with Crippen LogP contribution in [-0.4, -0.2) is 47.3 Å². The number of hydrogen-bond donors (Lipinski definition) is 2. The Morgan fingerprint density at radius 3 is 0.533 bits per heavy atom. The Bertz CT molecular complexity index is 3400. The molecule has 0 aromatic heterocycles. The van der Waals surface area contributed by atoms with Gasteiger partial charge in [-0.15, -0.1) is 0 Å². The summed E-state index contributed by atoms with van der Waals surface area (Å²) in [7, 11) is 0. The van der Waals surface area contributed by atoms with Gasteiger partial charge < -0.3 is 29.2 Å². The first kappa shape index (κ1) is 93.7. The number of carbonyl (C=O) groups is 4. The third kappa shape index (κ3) is 26.8. The lowest BCUT2D eigenvalue weighted by atomic mass is 9.67. The zero-order valence-electron chi connectivity index (χ0n) is 76.4. The third-order valence-electron chi connectivity index (χ3n) is 20.5. The van der Waals surface area contributed by atoms with Crippen molar-refractivity contribution < 1.29 is 48.3 Å². The maximum atomic E-state index is 15.6. The van der Waals surface area contributed by atoms with Crippen molar-refractivity contribution in [1.82, 2.24) is 0 Å². The summed E-state index contributed by atoms with van der Waals surface area (Å²) in [4.78, 5) is 61.7. The number of ether oxygens (including phenoxy) is 4. The predicted molar refractivity (Wildman–Crippen MR) is 450 cm³/mol. The van der Waals surface area contributed by atoms with Crippen molar-refractivity contribution in [2.45, 2.75) is 385 Å². The molecule has 4 aromatic carbocycles. The van der Waals surface area contributed by atoms with Gasteiger partial charge in [0.15, 0.2) is 0 Å². The molecule has 10 nitrogen and oxygen atoms in total. The summed E-state index contributed by atoms with van der Waals surface area (Å²) >= 11 is 0. The fraction of sp³-hybridized carbons (Fsp3) is 0.711. The fourth-order valence-corrected chi connectivity index (χ4v) is 19.7. The quantitative estimate of drug-likeness (QED) is 0.0460. The molecule has 10 heteroatoms. The van der Waals surface area contributed by atoms with Gasteiger partial charge >= 0.3 is 23.9 Å². The van der Waals surface area contributed by atoms with Crippen LogP contribution in [0.25, 0.3) is 0 Å².